The van der Waals surface area contributed by atoms with Crippen LogP contribution in [0.3, 0.4) is 0 Å². The average molecular weight is 1000 g/mol. The second-order valence-electron chi connectivity index (χ2n) is 20.6. The van der Waals surface area contributed by atoms with Crippen LogP contribution in [0.25, 0.3) is 0 Å². The molecule has 0 N–H and O–H groups in total. The van der Waals surface area contributed by atoms with E-state index in [9.17, 15) is 9.59 Å². The van der Waals surface area contributed by atoms with Crippen molar-refractivity contribution in [3.63, 3.8) is 0 Å². The van der Waals surface area contributed by atoms with E-state index in [1.54, 1.807) is 0 Å². The van der Waals surface area contributed by atoms with Crippen LogP contribution in [0.5, 0.6) is 0 Å². The molecule has 0 aliphatic carbocycles. The second-order valence-corrected chi connectivity index (χ2v) is 20.6. The number of carbonyl (C=O) groups excluding carboxylic acids is 2. The molecule has 0 amide bonds. The Balaban J connectivity index is 4.33. The molecule has 416 valence electrons. The molecule has 0 heterocycles. The summed E-state index contributed by atoms with van der Waals surface area (Å²) >= 11 is 0. The monoisotopic (exact) mass is 1000 g/mol. The third-order valence-electron chi connectivity index (χ3n) is 13.4. The van der Waals surface area contributed by atoms with E-state index in [4.69, 9.17) is 14.2 Å². The van der Waals surface area contributed by atoms with Crippen molar-refractivity contribution in [1.29, 1.82) is 0 Å². The molecule has 0 aromatic rings. The zero-order chi connectivity index (χ0) is 52.0. The highest BCUT2D eigenvalue weighted by Crippen LogP contribution is 2.15. The normalized spacial score (nSPS) is 12.8. The molecular formula is C67H118O5. The predicted molar refractivity (Wildman–Crippen MR) is 316 cm³/mol. The lowest BCUT2D eigenvalue weighted by atomic mass is 10.1. The van der Waals surface area contributed by atoms with Crippen molar-refractivity contribution in [1.82, 2.24) is 0 Å². The molecule has 0 fully saturated rings. The maximum atomic E-state index is 12.9. The zero-order valence-corrected chi connectivity index (χ0v) is 47.9. The minimum Gasteiger partial charge on any atom is -0.462 e. The molecule has 5 heteroatoms. The van der Waals surface area contributed by atoms with Crippen LogP contribution in [0.2, 0.25) is 0 Å². The molecular weight excluding hydrogens is 885 g/mol. The van der Waals surface area contributed by atoms with E-state index < -0.39 is 6.10 Å². The van der Waals surface area contributed by atoms with Crippen LogP contribution in [-0.4, -0.2) is 37.9 Å². The molecule has 1 unspecified atom stereocenters. The lowest BCUT2D eigenvalue weighted by Gasteiger charge is -2.18. The number of ether oxygens (including phenoxy) is 3. The van der Waals surface area contributed by atoms with Gasteiger partial charge < -0.3 is 14.2 Å². The Kier molecular flexibility index (Phi) is 59.8. The Morgan fingerprint density at radius 2 is 0.625 bits per heavy atom. The van der Waals surface area contributed by atoms with Gasteiger partial charge in [-0.05, 0) is 116 Å². The van der Waals surface area contributed by atoms with Crippen molar-refractivity contribution in [3.05, 3.63) is 85.1 Å². The highest BCUT2D eigenvalue weighted by Gasteiger charge is 2.17. The minimum atomic E-state index is -0.558. The van der Waals surface area contributed by atoms with Crippen LogP contribution in [0.1, 0.15) is 303 Å². The summed E-state index contributed by atoms with van der Waals surface area (Å²) in [6.45, 7) is 7.70. The van der Waals surface area contributed by atoms with E-state index in [1.165, 1.54) is 180 Å². The maximum Gasteiger partial charge on any atom is 0.306 e. The lowest BCUT2D eigenvalue weighted by molar-refractivity contribution is -0.163. The number of allylic oxidation sites excluding steroid dienone is 14. The smallest absolute Gasteiger partial charge is 0.306 e. The van der Waals surface area contributed by atoms with Crippen LogP contribution in [-0.2, 0) is 23.8 Å². The molecule has 0 aromatic heterocycles. The number of unbranched alkanes of at least 4 members (excludes halogenated alkanes) is 32. The van der Waals surface area contributed by atoms with Gasteiger partial charge in [0.15, 0.2) is 6.10 Å². The van der Waals surface area contributed by atoms with E-state index >= 15 is 0 Å². The summed E-state index contributed by atoms with van der Waals surface area (Å²) in [7, 11) is 0. The number of hydrogen-bond donors (Lipinski definition) is 0. The summed E-state index contributed by atoms with van der Waals surface area (Å²) in [5.41, 5.74) is 0. The summed E-state index contributed by atoms with van der Waals surface area (Å²) in [4.78, 5) is 25.6. The van der Waals surface area contributed by atoms with Crippen LogP contribution >= 0.6 is 0 Å². The Morgan fingerprint density at radius 3 is 1.03 bits per heavy atom. The summed E-state index contributed by atoms with van der Waals surface area (Å²) in [6.07, 6.45) is 83.3. The third-order valence-corrected chi connectivity index (χ3v) is 13.4. The highest BCUT2D eigenvalue weighted by atomic mass is 16.6. The fourth-order valence-electron chi connectivity index (χ4n) is 8.76. The first-order valence-corrected chi connectivity index (χ1v) is 31.1. The van der Waals surface area contributed by atoms with Gasteiger partial charge in [-0.1, -0.05) is 260 Å². The molecule has 0 aliphatic heterocycles. The van der Waals surface area contributed by atoms with Gasteiger partial charge in [-0.3, -0.25) is 9.59 Å². The second kappa shape index (κ2) is 62.4. The Bertz CT molecular complexity index is 1320. The standard InChI is InChI=1S/C67H118O5/c1-4-7-10-13-16-19-22-25-28-31-33-35-38-41-44-47-50-53-56-59-62-70-63-65(72-67(69)61-58-55-52-49-46-43-40-36-30-27-24-21-18-15-12-9-6-3)64-71-66(68)60-57-54-51-48-45-42-39-37-34-32-29-26-23-20-17-14-11-8-5-2/h8,11,17,20,25-30,34,37,42,45,65H,4-7,9-10,12-16,18-19,21-24,31-33,35-36,38-41,43-44,46-64H2,1-3H3/b11-8-,20-17-,28-25-,29-26-,30-27-,37-34-,45-42-. The molecule has 72 heavy (non-hydrogen) atoms. The van der Waals surface area contributed by atoms with Gasteiger partial charge in [-0.2, -0.15) is 0 Å². The summed E-state index contributed by atoms with van der Waals surface area (Å²) in [5, 5.41) is 0. The van der Waals surface area contributed by atoms with E-state index in [-0.39, 0.29) is 25.2 Å². The molecule has 0 radical (unpaired) electrons. The highest BCUT2D eigenvalue weighted by molar-refractivity contribution is 5.70. The molecule has 0 saturated heterocycles. The van der Waals surface area contributed by atoms with Crippen molar-refractivity contribution in [2.45, 2.75) is 309 Å². The first-order valence-electron chi connectivity index (χ1n) is 31.1. The SMILES string of the molecule is CC/C=C\C/C=C\C/C=C\C/C=C\C/C=C\CCCCCC(=O)OCC(COCCCCCCCCCCCC/C=C\CCCCCCCC)OC(=O)CCCCCCCCC/C=C\CCCCCCCC. The van der Waals surface area contributed by atoms with Crippen molar-refractivity contribution in [2.24, 2.45) is 0 Å². The molecule has 5 nitrogen and oxygen atoms in total. The maximum absolute atomic E-state index is 12.9. The number of hydrogen-bond acceptors (Lipinski definition) is 5. The molecule has 0 bridgehead atoms. The van der Waals surface area contributed by atoms with E-state index in [0.717, 1.165) is 89.9 Å². The van der Waals surface area contributed by atoms with Crippen LogP contribution in [0.15, 0.2) is 85.1 Å². The quantitative estimate of drug-likeness (QED) is 0.0345. The lowest BCUT2D eigenvalue weighted by Crippen LogP contribution is -2.30. The van der Waals surface area contributed by atoms with Crippen LogP contribution < -0.4 is 0 Å². The molecule has 0 aliphatic rings. The molecule has 1 atom stereocenters. The van der Waals surface area contributed by atoms with Crippen molar-refractivity contribution in [3.8, 4) is 0 Å². The molecule has 0 aromatic carbocycles. The summed E-state index contributed by atoms with van der Waals surface area (Å²) < 4.78 is 17.5. The van der Waals surface area contributed by atoms with Gasteiger partial charge in [0.2, 0.25) is 0 Å². The largest absolute Gasteiger partial charge is 0.462 e. The van der Waals surface area contributed by atoms with Gasteiger partial charge in [0.25, 0.3) is 0 Å². The summed E-state index contributed by atoms with van der Waals surface area (Å²) in [6, 6.07) is 0. The van der Waals surface area contributed by atoms with Gasteiger partial charge in [0, 0.05) is 19.4 Å². The third kappa shape index (κ3) is 59.6. The first-order chi connectivity index (χ1) is 35.6. The van der Waals surface area contributed by atoms with E-state index in [2.05, 4.69) is 106 Å². The van der Waals surface area contributed by atoms with Crippen molar-refractivity contribution >= 4 is 11.9 Å². The molecule has 0 rings (SSSR count). The van der Waals surface area contributed by atoms with E-state index in [1.807, 2.05) is 0 Å². The van der Waals surface area contributed by atoms with Gasteiger partial charge in [0.05, 0.1) is 6.61 Å². The first kappa shape index (κ1) is 69.1. The molecule has 0 saturated carbocycles. The fourth-order valence-corrected chi connectivity index (χ4v) is 8.76. The number of esters is 2. The average Bonchev–Trinajstić information content (AvgIpc) is 3.38. The Labute approximate surface area is 448 Å². The minimum absolute atomic E-state index is 0.0643. The van der Waals surface area contributed by atoms with Crippen molar-refractivity contribution < 1.29 is 23.8 Å². The zero-order valence-electron chi connectivity index (χ0n) is 47.9. The Hall–Kier alpha value is -2.92. The number of carbonyl (C=O) groups is 2. The molecule has 0 spiro atoms. The number of rotatable bonds is 57. The van der Waals surface area contributed by atoms with Gasteiger partial charge in [-0.25, -0.2) is 0 Å². The summed E-state index contributed by atoms with van der Waals surface area (Å²) in [5.74, 6) is -0.431. The fraction of sp³-hybridized carbons (Fsp3) is 0.761. The Morgan fingerprint density at radius 1 is 0.319 bits per heavy atom. The van der Waals surface area contributed by atoms with Gasteiger partial charge in [0.1, 0.15) is 6.61 Å². The topological polar surface area (TPSA) is 61.8 Å². The van der Waals surface area contributed by atoms with Crippen LogP contribution in [0.4, 0.5) is 0 Å². The van der Waals surface area contributed by atoms with E-state index in [0.29, 0.717) is 19.4 Å². The van der Waals surface area contributed by atoms with Crippen molar-refractivity contribution in [2.75, 3.05) is 19.8 Å². The van der Waals surface area contributed by atoms with Gasteiger partial charge >= 0.3 is 11.9 Å². The van der Waals surface area contributed by atoms with Gasteiger partial charge in [-0.15, -0.1) is 0 Å². The van der Waals surface area contributed by atoms with Crippen LogP contribution in [0, 0.1) is 0 Å². The predicted octanol–water partition coefficient (Wildman–Crippen LogP) is 21.6.